The van der Waals surface area contributed by atoms with Crippen molar-refractivity contribution in [2.75, 3.05) is 19.5 Å². The van der Waals surface area contributed by atoms with Gasteiger partial charge in [0.05, 0.1) is 47.7 Å². The third-order valence-corrected chi connectivity index (χ3v) is 9.59. The first-order valence-electron chi connectivity index (χ1n) is 15.6. The normalized spacial score (nSPS) is 14.2. The molecule has 7 rings (SSSR count). The maximum Gasteiger partial charge on any atom is 0.271 e. The van der Waals surface area contributed by atoms with E-state index in [2.05, 4.69) is 16.0 Å². The highest BCUT2D eigenvalue weighted by molar-refractivity contribution is 7.07. The molecule has 242 valence electrons. The number of allylic oxidation sites excluding steroid dienone is 1. The lowest BCUT2D eigenvalue weighted by Gasteiger charge is -2.26. The van der Waals surface area contributed by atoms with E-state index < -0.39 is 6.04 Å². The van der Waals surface area contributed by atoms with E-state index in [1.54, 1.807) is 37.8 Å². The van der Waals surface area contributed by atoms with E-state index in [4.69, 9.17) is 14.5 Å². The van der Waals surface area contributed by atoms with Crippen molar-refractivity contribution in [2.24, 2.45) is 4.99 Å². The highest BCUT2D eigenvalue weighted by Gasteiger charge is 2.33. The van der Waals surface area contributed by atoms with Crippen molar-refractivity contribution >= 4 is 39.9 Å². The largest absolute Gasteiger partial charge is 0.493 e. The lowest BCUT2D eigenvalue weighted by molar-refractivity contribution is -0.113. The zero-order valence-corrected chi connectivity index (χ0v) is 27.8. The maximum atomic E-state index is 14.5. The van der Waals surface area contributed by atoms with Gasteiger partial charge in [0.15, 0.2) is 16.3 Å². The molecular formula is C39H31N5O4S. The number of hydrogen-bond donors (Lipinski definition) is 1. The summed E-state index contributed by atoms with van der Waals surface area (Å²) in [5, 5.41) is 13.6. The Bertz CT molecular complexity index is 2500. The van der Waals surface area contributed by atoms with E-state index >= 15 is 0 Å². The van der Waals surface area contributed by atoms with Crippen LogP contribution in [0.25, 0.3) is 17.0 Å². The molecule has 6 aromatic rings. The molecule has 1 atom stereocenters. The standard InChI is InChI=1S/C39H31N5O4S/c1-24-35(37(45)42-29-13-5-4-6-14-29)36(25-17-18-32(47-2)33(19-25)48-3)44-38(46)34(49-39(44)41-24)20-28-23-43(31-16-10-9-15-30(28)31)22-27-12-8-7-11-26(27)21-40/h4-20,23,36H,22H2,1-3H3,(H,42,45)/b34-20-/t36-/m1/s1. The van der Waals surface area contributed by atoms with Gasteiger partial charge in [-0.2, -0.15) is 5.26 Å². The van der Waals surface area contributed by atoms with Crippen LogP contribution >= 0.6 is 11.3 Å². The van der Waals surface area contributed by atoms with Gasteiger partial charge >= 0.3 is 0 Å². The molecule has 0 radical (unpaired) electrons. The number of fused-ring (bicyclic) bond motifs is 2. The Morgan fingerprint density at radius 2 is 1.71 bits per heavy atom. The van der Waals surface area contributed by atoms with Crippen molar-refractivity contribution in [3.8, 4) is 17.6 Å². The molecule has 1 amide bonds. The van der Waals surface area contributed by atoms with E-state index in [1.165, 1.54) is 11.3 Å². The van der Waals surface area contributed by atoms with Gasteiger partial charge in [0.2, 0.25) is 0 Å². The average Bonchev–Trinajstić information content (AvgIpc) is 3.63. The molecular weight excluding hydrogens is 635 g/mol. The first kappa shape index (κ1) is 31.4. The number of aromatic nitrogens is 2. The molecule has 0 fully saturated rings. The molecule has 4 aromatic carbocycles. The maximum absolute atomic E-state index is 14.5. The fraction of sp³-hybridized carbons (Fsp3) is 0.128. The van der Waals surface area contributed by atoms with Crippen LogP contribution in [0, 0.1) is 11.3 Å². The first-order valence-corrected chi connectivity index (χ1v) is 16.4. The average molecular weight is 666 g/mol. The lowest BCUT2D eigenvalue weighted by Crippen LogP contribution is -2.40. The Morgan fingerprint density at radius 3 is 2.49 bits per heavy atom. The number of para-hydroxylation sites is 2. The summed E-state index contributed by atoms with van der Waals surface area (Å²) in [6.07, 6.45) is 3.89. The molecule has 0 saturated carbocycles. The predicted molar refractivity (Wildman–Crippen MR) is 191 cm³/mol. The van der Waals surface area contributed by atoms with E-state index in [1.807, 2.05) is 97.2 Å². The minimum absolute atomic E-state index is 0.271. The van der Waals surface area contributed by atoms with Gasteiger partial charge in [-0.3, -0.25) is 14.2 Å². The number of carbonyl (C=O) groups excluding carboxylic acids is 1. The summed E-state index contributed by atoms with van der Waals surface area (Å²) in [4.78, 5) is 33.7. The van der Waals surface area contributed by atoms with Crippen molar-refractivity contribution in [1.29, 1.82) is 5.26 Å². The zero-order valence-electron chi connectivity index (χ0n) is 27.0. The van der Waals surface area contributed by atoms with E-state index in [0.717, 1.165) is 22.0 Å². The second-order valence-corrected chi connectivity index (χ2v) is 12.5. The molecule has 9 nitrogen and oxygen atoms in total. The van der Waals surface area contributed by atoms with Gasteiger partial charge in [-0.05, 0) is 60.5 Å². The summed E-state index contributed by atoms with van der Waals surface area (Å²) in [6, 6.07) is 31.6. The van der Waals surface area contributed by atoms with Crippen LogP contribution < -0.4 is 29.7 Å². The summed E-state index contributed by atoms with van der Waals surface area (Å²) < 4.78 is 15.3. The van der Waals surface area contributed by atoms with Crippen LogP contribution in [0.4, 0.5) is 5.69 Å². The number of carbonyl (C=O) groups is 1. The monoisotopic (exact) mass is 665 g/mol. The topological polar surface area (TPSA) is 111 Å². The van der Waals surface area contributed by atoms with Crippen molar-refractivity contribution in [3.05, 3.63) is 156 Å². The third kappa shape index (κ3) is 5.81. The first-order chi connectivity index (χ1) is 23.9. The predicted octanol–water partition coefficient (Wildman–Crippen LogP) is 5.77. The molecule has 1 N–H and O–H groups in total. The molecule has 0 saturated heterocycles. The number of nitrogens with one attached hydrogen (secondary N) is 1. The number of methoxy groups -OCH3 is 2. The van der Waals surface area contributed by atoms with Crippen molar-refractivity contribution in [3.63, 3.8) is 0 Å². The quantitative estimate of drug-likeness (QED) is 0.222. The Hall–Kier alpha value is -6.18. The van der Waals surface area contributed by atoms with Crippen molar-refractivity contribution < 1.29 is 14.3 Å². The molecule has 0 unspecified atom stereocenters. The summed E-state index contributed by atoms with van der Waals surface area (Å²) >= 11 is 1.28. The number of hydrogen-bond acceptors (Lipinski definition) is 7. The Balaban J connectivity index is 1.38. The highest BCUT2D eigenvalue weighted by Crippen LogP contribution is 2.36. The van der Waals surface area contributed by atoms with Gasteiger partial charge in [0.25, 0.3) is 11.5 Å². The number of benzene rings is 4. The molecule has 3 heterocycles. The molecule has 0 aliphatic carbocycles. The third-order valence-electron chi connectivity index (χ3n) is 8.61. The SMILES string of the molecule is COc1ccc([C@@H]2C(C(=O)Nc3ccccc3)=C(C)N=c3s/c(=C\c4cn(Cc5ccccc5C#N)c5ccccc45)c(=O)n32)cc1OC. The second kappa shape index (κ2) is 13.1. The molecule has 0 bridgehead atoms. The van der Waals surface area contributed by atoms with Crippen LogP contribution in [0.15, 0.2) is 124 Å². The van der Waals surface area contributed by atoms with Crippen LogP contribution in [0.2, 0.25) is 0 Å². The van der Waals surface area contributed by atoms with E-state index in [0.29, 0.717) is 55.5 Å². The van der Waals surface area contributed by atoms with Gasteiger partial charge in [0.1, 0.15) is 0 Å². The number of nitriles is 1. The summed E-state index contributed by atoms with van der Waals surface area (Å²) in [5.74, 6) is 0.649. The Kier molecular flexibility index (Phi) is 8.43. The zero-order chi connectivity index (χ0) is 34.1. The van der Waals surface area contributed by atoms with Gasteiger partial charge in [0, 0.05) is 34.9 Å². The van der Waals surface area contributed by atoms with Crippen molar-refractivity contribution in [1.82, 2.24) is 9.13 Å². The summed E-state index contributed by atoms with van der Waals surface area (Å²) in [6.45, 7) is 2.29. The molecule has 49 heavy (non-hydrogen) atoms. The van der Waals surface area contributed by atoms with Gasteiger partial charge in [-0.1, -0.05) is 72.0 Å². The highest BCUT2D eigenvalue weighted by atomic mass is 32.1. The number of amides is 1. The number of nitrogens with zero attached hydrogens (tertiary/aromatic N) is 4. The summed E-state index contributed by atoms with van der Waals surface area (Å²) in [5.41, 5.74) is 5.25. The van der Waals surface area contributed by atoms with Gasteiger partial charge in [-0.25, -0.2) is 4.99 Å². The van der Waals surface area contributed by atoms with Gasteiger partial charge < -0.3 is 19.4 Å². The number of thiazole rings is 1. The Morgan fingerprint density at radius 1 is 0.980 bits per heavy atom. The fourth-order valence-corrected chi connectivity index (χ4v) is 7.32. The molecule has 1 aliphatic heterocycles. The minimum atomic E-state index is -0.786. The number of ether oxygens (including phenoxy) is 2. The smallest absolute Gasteiger partial charge is 0.271 e. The molecule has 10 heteroatoms. The number of anilines is 1. The fourth-order valence-electron chi connectivity index (χ4n) is 6.28. The lowest BCUT2D eigenvalue weighted by atomic mass is 9.94. The van der Waals surface area contributed by atoms with Crippen LogP contribution in [0.5, 0.6) is 11.5 Å². The molecule has 2 aromatic heterocycles. The second-order valence-electron chi connectivity index (χ2n) is 11.5. The van der Waals surface area contributed by atoms with Crippen LogP contribution in [-0.2, 0) is 11.3 Å². The Labute approximate surface area is 285 Å². The number of rotatable bonds is 8. The van der Waals surface area contributed by atoms with Crippen LogP contribution in [0.1, 0.15) is 35.2 Å². The van der Waals surface area contributed by atoms with Crippen molar-refractivity contribution in [2.45, 2.75) is 19.5 Å². The molecule has 0 spiro atoms. The van der Waals surface area contributed by atoms with Crippen LogP contribution in [-0.4, -0.2) is 29.3 Å². The van der Waals surface area contributed by atoms with E-state index in [9.17, 15) is 14.9 Å². The van der Waals surface area contributed by atoms with Crippen LogP contribution in [0.3, 0.4) is 0 Å². The molecule has 1 aliphatic rings. The summed E-state index contributed by atoms with van der Waals surface area (Å²) in [7, 11) is 3.11. The minimum Gasteiger partial charge on any atom is -0.493 e. The van der Waals surface area contributed by atoms with Gasteiger partial charge in [-0.15, -0.1) is 0 Å². The van der Waals surface area contributed by atoms with E-state index in [-0.39, 0.29) is 11.5 Å².